The van der Waals surface area contributed by atoms with Gasteiger partial charge in [0.1, 0.15) is 0 Å². The Kier molecular flexibility index (Phi) is 6.04. The number of hydrogen-bond acceptors (Lipinski definition) is 2. The van der Waals surface area contributed by atoms with Gasteiger partial charge in [-0.05, 0) is 41.8 Å². The average Bonchev–Trinajstić information content (AvgIpc) is 2.69. The second-order valence-corrected chi connectivity index (χ2v) is 7.06. The molecule has 0 heterocycles. The monoisotopic (exact) mass is 422 g/mol. The van der Waals surface area contributed by atoms with E-state index >= 15 is 0 Å². The van der Waals surface area contributed by atoms with Gasteiger partial charge in [0.05, 0.1) is 6.04 Å². The van der Waals surface area contributed by atoms with Gasteiger partial charge in [-0.15, -0.1) is 0 Å². The lowest BCUT2D eigenvalue weighted by Crippen LogP contribution is -2.38. The maximum atomic E-state index is 12.6. The van der Waals surface area contributed by atoms with Gasteiger partial charge < -0.3 is 10.6 Å². The van der Waals surface area contributed by atoms with Gasteiger partial charge in [-0.3, -0.25) is 9.59 Å². The quantitative estimate of drug-likeness (QED) is 0.603. The molecule has 3 rings (SSSR count). The summed E-state index contributed by atoms with van der Waals surface area (Å²) in [4.78, 5) is 25.0. The number of aryl methyl sites for hydroxylation is 1. The van der Waals surface area contributed by atoms with Crippen molar-refractivity contribution in [2.45, 2.75) is 13.0 Å². The fourth-order valence-corrected chi connectivity index (χ4v) is 3.27. The number of halogens is 1. The van der Waals surface area contributed by atoms with Crippen LogP contribution in [0.3, 0.4) is 0 Å². The van der Waals surface area contributed by atoms with Crippen LogP contribution >= 0.6 is 15.9 Å². The third-order valence-electron chi connectivity index (χ3n) is 4.18. The van der Waals surface area contributed by atoms with Crippen molar-refractivity contribution in [3.8, 4) is 0 Å². The molecule has 2 N–H and O–H groups in total. The first-order chi connectivity index (χ1) is 13.0. The van der Waals surface area contributed by atoms with Crippen molar-refractivity contribution in [2.24, 2.45) is 0 Å². The molecular weight excluding hydrogens is 404 g/mol. The highest BCUT2D eigenvalue weighted by molar-refractivity contribution is 9.10. The van der Waals surface area contributed by atoms with Crippen LogP contribution in [0.15, 0.2) is 83.3 Å². The summed E-state index contributed by atoms with van der Waals surface area (Å²) < 4.78 is 0.913. The standard InChI is InChI=1S/C22H19BrN2O2/c1-15-14-18(23)12-13-19(15)24-21(26)22(27)25-20(16-8-4-2-5-9-16)17-10-6-3-7-11-17/h2-14,20H,1H3,(H,24,26)(H,25,27). The first-order valence-corrected chi connectivity index (χ1v) is 9.32. The van der Waals surface area contributed by atoms with E-state index in [1.807, 2.05) is 79.7 Å². The molecule has 0 atom stereocenters. The van der Waals surface area contributed by atoms with E-state index in [1.165, 1.54) is 0 Å². The molecule has 0 fully saturated rings. The van der Waals surface area contributed by atoms with Crippen LogP contribution in [0.25, 0.3) is 0 Å². The molecule has 0 bridgehead atoms. The van der Waals surface area contributed by atoms with Gasteiger partial charge in [0.25, 0.3) is 0 Å². The van der Waals surface area contributed by atoms with E-state index in [0.29, 0.717) is 5.69 Å². The van der Waals surface area contributed by atoms with Crippen molar-refractivity contribution in [3.63, 3.8) is 0 Å². The Morgan fingerprint density at radius 2 is 1.37 bits per heavy atom. The molecule has 0 saturated heterocycles. The highest BCUT2D eigenvalue weighted by Crippen LogP contribution is 2.22. The Balaban J connectivity index is 1.79. The molecule has 3 aromatic carbocycles. The molecule has 0 aromatic heterocycles. The Labute approximate surface area is 166 Å². The summed E-state index contributed by atoms with van der Waals surface area (Å²) in [5, 5.41) is 5.51. The van der Waals surface area contributed by atoms with Crippen molar-refractivity contribution < 1.29 is 9.59 Å². The van der Waals surface area contributed by atoms with Gasteiger partial charge in [-0.25, -0.2) is 0 Å². The summed E-state index contributed by atoms with van der Waals surface area (Å²) in [6, 6.07) is 24.2. The van der Waals surface area contributed by atoms with E-state index in [4.69, 9.17) is 0 Å². The molecule has 27 heavy (non-hydrogen) atoms. The Hall–Kier alpha value is -2.92. The van der Waals surface area contributed by atoms with Crippen LogP contribution in [0.2, 0.25) is 0 Å². The summed E-state index contributed by atoms with van der Waals surface area (Å²) in [6.45, 7) is 1.87. The Morgan fingerprint density at radius 1 is 0.815 bits per heavy atom. The van der Waals surface area contributed by atoms with Gasteiger partial charge in [-0.2, -0.15) is 0 Å². The van der Waals surface area contributed by atoms with Gasteiger partial charge in [0.2, 0.25) is 0 Å². The van der Waals surface area contributed by atoms with E-state index in [2.05, 4.69) is 26.6 Å². The van der Waals surface area contributed by atoms with E-state index in [1.54, 1.807) is 6.07 Å². The fraction of sp³-hybridized carbons (Fsp3) is 0.0909. The summed E-state index contributed by atoms with van der Waals surface area (Å²) in [5.41, 5.74) is 3.29. The molecular formula is C22H19BrN2O2. The molecule has 4 nitrogen and oxygen atoms in total. The fourth-order valence-electron chi connectivity index (χ4n) is 2.79. The van der Waals surface area contributed by atoms with Gasteiger partial charge in [0, 0.05) is 10.2 Å². The van der Waals surface area contributed by atoms with Crippen molar-refractivity contribution in [1.82, 2.24) is 5.32 Å². The lowest BCUT2D eigenvalue weighted by Gasteiger charge is -2.19. The molecule has 0 saturated carbocycles. The minimum Gasteiger partial charge on any atom is -0.337 e. The van der Waals surface area contributed by atoms with Gasteiger partial charge in [0.15, 0.2) is 0 Å². The molecule has 0 aliphatic carbocycles. The number of carbonyl (C=O) groups is 2. The van der Waals surface area contributed by atoms with Gasteiger partial charge >= 0.3 is 11.8 Å². The lowest BCUT2D eigenvalue weighted by atomic mass is 9.98. The van der Waals surface area contributed by atoms with Crippen LogP contribution in [0.4, 0.5) is 5.69 Å². The summed E-state index contributed by atoms with van der Waals surface area (Å²) in [7, 11) is 0. The van der Waals surface area contributed by atoms with E-state index in [0.717, 1.165) is 21.2 Å². The van der Waals surface area contributed by atoms with Crippen LogP contribution in [0, 0.1) is 6.92 Å². The summed E-state index contributed by atoms with van der Waals surface area (Å²) in [6.07, 6.45) is 0. The zero-order chi connectivity index (χ0) is 19.2. The number of rotatable bonds is 4. The number of carbonyl (C=O) groups excluding carboxylic acids is 2. The van der Waals surface area contributed by atoms with E-state index < -0.39 is 17.9 Å². The minimum atomic E-state index is -0.697. The van der Waals surface area contributed by atoms with Crippen LogP contribution in [0.5, 0.6) is 0 Å². The number of hydrogen-bond donors (Lipinski definition) is 2. The molecule has 0 unspecified atom stereocenters. The second kappa shape index (κ2) is 8.64. The molecule has 136 valence electrons. The van der Waals surface area contributed by atoms with Crippen molar-refractivity contribution in [2.75, 3.05) is 5.32 Å². The van der Waals surface area contributed by atoms with Crippen LogP contribution < -0.4 is 10.6 Å². The topological polar surface area (TPSA) is 58.2 Å². The smallest absolute Gasteiger partial charge is 0.313 e. The van der Waals surface area contributed by atoms with Crippen LogP contribution in [-0.4, -0.2) is 11.8 Å². The molecule has 0 aliphatic rings. The van der Waals surface area contributed by atoms with Crippen molar-refractivity contribution >= 4 is 33.4 Å². The lowest BCUT2D eigenvalue weighted by molar-refractivity contribution is -0.136. The van der Waals surface area contributed by atoms with Gasteiger partial charge in [-0.1, -0.05) is 76.6 Å². The average molecular weight is 423 g/mol. The summed E-state index contributed by atoms with van der Waals surface area (Å²) >= 11 is 3.38. The molecule has 0 radical (unpaired) electrons. The summed E-state index contributed by atoms with van der Waals surface area (Å²) in [5.74, 6) is -1.38. The van der Waals surface area contributed by atoms with Crippen LogP contribution in [0.1, 0.15) is 22.7 Å². The highest BCUT2D eigenvalue weighted by atomic mass is 79.9. The highest BCUT2D eigenvalue weighted by Gasteiger charge is 2.21. The molecule has 5 heteroatoms. The number of anilines is 1. The first-order valence-electron chi connectivity index (χ1n) is 8.52. The zero-order valence-electron chi connectivity index (χ0n) is 14.8. The Bertz CT molecular complexity index is 904. The predicted octanol–water partition coefficient (Wildman–Crippen LogP) is 4.60. The number of nitrogens with one attached hydrogen (secondary N) is 2. The number of amides is 2. The van der Waals surface area contributed by atoms with Crippen LogP contribution in [-0.2, 0) is 9.59 Å². The molecule has 0 spiro atoms. The normalized spacial score (nSPS) is 10.5. The maximum Gasteiger partial charge on any atom is 0.313 e. The first kappa shape index (κ1) is 18.9. The molecule has 2 amide bonds. The van der Waals surface area contributed by atoms with E-state index in [9.17, 15) is 9.59 Å². The minimum absolute atomic E-state index is 0.406. The van der Waals surface area contributed by atoms with E-state index in [-0.39, 0.29) is 0 Å². The maximum absolute atomic E-state index is 12.6. The molecule has 0 aliphatic heterocycles. The third kappa shape index (κ3) is 4.83. The largest absolute Gasteiger partial charge is 0.337 e. The zero-order valence-corrected chi connectivity index (χ0v) is 16.4. The number of benzene rings is 3. The van der Waals surface area contributed by atoms with Crippen molar-refractivity contribution in [3.05, 3.63) is 100 Å². The molecule has 3 aromatic rings. The SMILES string of the molecule is Cc1cc(Br)ccc1NC(=O)C(=O)NC(c1ccccc1)c1ccccc1. The van der Waals surface area contributed by atoms with Crippen molar-refractivity contribution in [1.29, 1.82) is 0 Å². The second-order valence-electron chi connectivity index (χ2n) is 6.14. The third-order valence-corrected chi connectivity index (χ3v) is 4.68. The predicted molar refractivity (Wildman–Crippen MR) is 110 cm³/mol. The Morgan fingerprint density at radius 3 is 1.89 bits per heavy atom.